The van der Waals surface area contributed by atoms with Crippen molar-refractivity contribution in [3.8, 4) is 0 Å². The first-order chi connectivity index (χ1) is 3.83. The van der Waals surface area contributed by atoms with Crippen molar-refractivity contribution in [3.05, 3.63) is 0 Å². The summed E-state index contributed by atoms with van der Waals surface area (Å²) < 4.78 is 4.83. The highest BCUT2D eigenvalue weighted by molar-refractivity contribution is 5.42. The molecular formula is C5H13NO2. The molecule has 0 heterocycles. The molecule has 0 spiro atoms. The molecule has 0 rings (SSSR count). The van der Waals surface area contributed by atoms with E-state index in [1.165, 1.54) is 0 Å². The fraction of sp³-hybridized carbons (Fsp3) is 0.800. The average Bonchev–Trinajstić information content (AvgIpc) is 1.71. The molecule has 0 unspecified atom stereocenters. The number of ether oxygens (including phenoxy) is 1. The maximum absolute atomic E-state index is 8.58. The summed E-state index contributed by atoms with van der Waals surface area (Å²) in [4.78, 5) is 8.58. The van der Waals surface area contributed by atoms with Crippen LogP contribution in [0.4, 0.5) is 0 Å². The van der Waals surface area contributed by atoms with E-state index in [9.17, 15) is 0 Å². The van der Waals surface area contributed by atoms with E-state index in [1.807, 2.05) is 13.8 Å². The molecule has 0 radical (unpaired) electrons. The lowest BCUT2D eigenvalue weighted by molar-refractivity contribution is -0.106. The van der Waals surface area contributed by atoms with Crippen LogP contribution in [0.2, 0.25) is 0 Å². The summed E-state index contributed by atoms with van der Waals surface area (Å²) in [5, 5.41) is 0. The molecule has 1 amide bonds. The summed E-state index contributed by atoms with van der Waals surface area (Å²) in [6.07, 6.45) is 0.250. The third-order valence-corrected chi connectivity index (χ3v) is 0.408. The van der Waals surface area contributed by atoms with Gasteiger partial charge < -0.3 is 10.5 Å². The Bertz CT molecular complexity index is 37.4. The molecule has 3 heteroatoms. The minimum Gasteiger partial charge on any atom is -0.382 e. The lowest BCUT2D eigenvalue weighted by atomic mass is 10.8. The van der Waals surface area contributed by atoms with Crippen molar-refractivity contribution in [2.24, 2.45) is 5.73 Å². The van der Waals surface area contributed by atoms with E-state index in [0.717, 1.165) is 13.2 Å². The fourth-order valence-corrected chi connectivity index (χ4v) is 0.204. The predicted molar refractivity (Wildman–Crippen MR) is 32.4 cm³/mol. The Balaban J connectivity index is 0. The fourth-order valence-electron chi connectivity index (χ4n) is 0.204. The van der Waals surface area contributed by atoms with Gasteiger partial charge in [0.05, 0.1) is 0 Å². The summed E-state index contributed by atoms with van der Waals surface area (Å²) in [7, 11) is 0. The molecule has 3 nitrogen and oxygen atoms in total. The lowest BCUT2D eigenvalue weighted by Crippen LogP contribution is -1.84. The Morgan fingerprint density at radius 3 is 1.75 bits per heavy atom. The molecule has 8 heavy (non-hydrogen) atoms. The number of carbonyl (C=O) groups excluding carboxylic acids is 1. The van der Waals surface area contributed by atoms with E-state index in [-0.39, 0.29) is 6.41 Å². The second-order valence-corrected chi connectivity index (χ2v) is 0.918. The zero-order valence-corrected chi connectivity index (χ0v) is 5.39. The number of nitrogens with two attached hydrogens (primary N) is 1. The van der Waals surface area contributed by atoms with Gasteiger partial charge in [-0.1, -0.05) is 0 Å². The van der Waals surface area contributed by atoms with Crippen LogP contribution in [0, 0.1) is 0 Å². The van der Waals surface area contributed by atoms with Gasteiger partial charge in [-0.3, -0.25) is 4.79 Å². The first kappa shape index (κ1) is 10.4. The quantitative estimate of drug-likeness (QED) is 0.526. The Hall–Kier alpha value is -0.570. The van der Waals surface area contributed by atoms with Crippen LogP contribution < -0.4 is 5.73 Å². The van der Waals surface area contributed by atoms with Crippen molar-refractivity contribution in [2.75, 3.05) is 13.2 Å². The zero-order valence-electron chi connectivity index (χ0n) is 5.39. The second-order valence-electron chi connectivity index (χ2n) is 0.918. The van der Waals surface area contributed by atoms with Crippen LogP contribution in [-0.4, -0.2) is 19.6 Å². The molecule has 0 aliphatic heterocycles. The van der Waals surface area contributed by atoms with Crippen LogP contribution in [0.3, 0.4) is 0 Å². The van der Waals surface area contributed by atoms with Crippen LogP contribution in [0.25, 0.3) is 0 Å². The van der Waals surface area contributed by atoms with Crippen molar-refractivity contribution in [1.82, 2.24) is 0 Å². The Kier molecular flexibility index (Phi) is 21.0. The van der Waals surface area contributed by atoms with E-state index >= 15 is 0 Å². The standard InChI is InChI=1S/C4H10O.CH3NO/c1-3-5-4-2;2-1-3/h3-4H2,1-2H3;1H,(H2,2,3). The third kappa shape index (κ3) is 52.1. The van der Waals surface area contributed by atoms with Crippen molar-refractivity contribution in [1.29, 1.82) is 0 Å². The summed E-state index contributed by atoms with van der Waals surface area (Å²) in [5.41, 5.74) is 4.17. The van der Waals surface area contributed by atoms with Gasteiger partial charge in [0.25, 0.3) is 0 Å². The molecule has 0 bridgehead atoms. The van der Waals surface area contributed by atoms with Crippen LogP contribution in [0.5, 0.6) is 0 Å². The second kappa shape index (κ2) is 16.1. The van der Waals surface area contributed by atoms with E-state index in [0.29, 0.717) is 0 Å². The number of hydrogen-bond acceptors (Lipinski definition) is 2. The van der Waals surface area contributed by atoms with Gasteiger partial charge >= 0.3 is 0 Å². The number of primary amides is 1. The molecule has 0 aliphatic carbocycles. The van der Waals surface area contributed by atoms with Crippen molar-refractivity contribution >= 4 is 6.41 Å². The number of amides is 1. The van der Waals surface area contributed by atoms with E-state index < -0.39 is 0 Å². The van der Waals surface area contributed by atoms with Crippen LogP contribution in [0.15, 0.2) is 0 Å². The van der Waals surface area contributed by atoms with Crippen molar-refractivity contribution < 1.29 is 9.53 Å². The van der Waals surface area contributed by atoms with Gasteiger partial charge in [-0.25, -0.2) is 0 Å². The van der Waals surface area contributed by atoms with Gasteiger partial charge in [0.2, 0.25) is 6.41 Å². The van der Waals surface area contributed by atoms with E-state index in [1.54, 1.807) is 0 Å². The van der Waals surface area contributed by atoms with Gasteiger partial charge in [0.1, 0.15) is 0 Å². The number of hydrogen-bond donors (Lipinski definition) is 1. The molecule has 0 aromatic heterocycles. The Morgan fingerprint density at radius 1 is 1.50 bits per heavy atom. The minimum atomic E-state index is 0.250. The molecule has 2 N–H and O–H groups in total. The topological polar surface area (TPSA) is 52.3 Å². The summed E-state index contributed by atoms with van der Waals surface area (Å²) in [6, 6.07) is 0. The third-order valence-electron chi connectivity index (χ3n) is 0.408. The SMILES string of the molecule is CCOCC.NC=O. The molecule has 0 aromatic rings. The highest BCUT2D eigenvalue weighted by Gasteiger charge is 1.64. The summed E-state index contributed by atoms with van der Waals surface area (Å²) in [6.45, 7) is 5.67. The predicted octanol–water partition coefficient (Wildman–Crippen LogP) is 0.144. The molecule has 0 aliphatic rings. The minimum absolute atomic E-state index is 0.250. The van der Waals surface area contributed by atoms with E-state index in [4.69, 9.17) is 9.53 Å². The van der Waals surface area contributed by atoms with Gasteiger partial charge in [-0.05, 0) is 13.8 Å². The summed E-state index contributed by atoms with van der Waals surface area (Å²) >= 11 is 0. The molecular weight excluding hydrogens is 106 g/mol. The average molecular weight is 119 g/mol. The molecule has 0 saturated heterocycles. The van der Waals surface area contributed by atoms with Crippen LogP contribution >= 0.6 is 0 Å². The lowest BCUT2D eigenvalue weighted by Gasteiger charge is -1.86. The maximum atomic E-state index is 8.58. The highest BCUT2D eigenvalue weighted by atomic mass is 16.5. The maximum Gasteiger partial charge on any atom is 0.204 e. The monoisotopic (exact) mass is 119 g/mol. The number of rotatable bonds is 2. The molecule has 0 aromatic carbocycles. The highest BCUT2D eigenvalue weighted by Crippen LogP contribution is 1.64. The van der Waals surface area contributed by atoms with Crippen molar-refractivity contribution in [2.45, 2.75) is 13.8 Å². The molecule has 0 saturated carbocycles. The largest absolute Gasteiger partial charge is 0.382 e. The molecule has 50 valence electrons. The molecule has 0 atom stereocenters. The zero-order chi connectivity index (χ0) is 6.83. The Labute approximate surface area is 49.8 Å². The normalized spacial score (nSPS) is 6.75. The van der Waals surface area contributed by atoms with Gasteiger partial charge in [-0.15, -0.1) is 0 Å². The van der Waals surface area contributed by atoms with Crippen LogP contribution in [-0.2, 0) is 9.53 Å². The van der Waals surface area contributed by atoms with Gasteiger partial charge in [-0.2, -0.15) is 0 Å². The van der Waals surface area contributed by atoms with E-state index in [2.05, 4.69) is 5.73 Å². The number of carbonyl (C=O) groups is 1. The Morgan fingerprint density at radius 2 is 1.75 bits per heavy atom. The van der Waals surface area contributed by atoms with Gasteiger partial charge in [0, 0.05) is 13.2 Å². The van der Waals surface area contributed by atoms with Crippen LogP contribution in [0.1, 0.15) is 13.8 Å². The summed E-state index contributed by atoms with van der Waals surface area (Å²) in [5.74, 6) is 0. The molecule has 0 fully saturated rings. The smallest absolute Gasteiger partial charge is 0.204 e. The van der Waals surface area contributed by atoms with Gasteiger partial charge in [0.15, 0.2) is 0 Å². The first-order valence-electron chi connectivity index (χ1n) is 2.56. The van der Waals surface area contributed by atoms with Crippen molar-refractivity contribution in [3.63, 3.8) is 0 Å². The first-order valence-corrected chi connectivity index (χ1v) is 2.56.